The Balaban J connectivity index is 1.93. The standard InChI is InChI=1S/C12H15FN4O3/c1-7-6-8(2)17(15-7)5-3-4-16-11(19)9(13)10(18)14-12(16)20/h6,9H,3-5H2,1-2H3,(H,14,18,20). The van der Waals surface area contributed by atoms with E-state index in [0.717, 1.165) is 16.3 Å². The van der Waals surface area contributed by atoms with Gasteiger partial charge in [0, 0.05) is 18.8 Å². The van der Waals surface area contributed by atoms with Gasteiger partial charge in [-0.3, -0.25) is 24.5 Å². The number of hydrogen-bond acceptors (Lipinski definition) is 4. The number of nitrogens with one attached hydrogen (secondary N) is 1. The summed E-state index contributed by atoms with van der Waals surface area (Å²) in [6.45, 7) is 4.30. The Bertz CT molecular complexity index is 569. The highest BCUT2D eigenvalue weighted by Gasteiger charge is 2.40. The van der Waals surface area contributed by atoms with Gasteiger partial charge in [-0.05, 0) is 26.3 Å². The van der Waals surface area contributed by atoms with E-state index in [2.05, 4.69) is 5.10 Å². The van der Waals surface area contributed by atoms with Crippen LogP contribution < -0.4 is 5.32 Å². The number of nitrogens with zero attached hydrogens (tertiary/aromatic N) is 3. The van der Waals surface area contributed by atoms with Crippen molar-refractivity contribution < 1.29 is 18.8 Å². The second-order valence-corrected chi connectivity index (χ2v) is 4.65. The first kappa shape index (κ1) is 14.2. The van der Waals surface area contributed by atoms with Gasteiger partial charge in [-0.1, -0.05) is 0 Å². The number of urea groups is 1. The molecule has 2 rings (SSSR count). The summed E-state index contributed by atoms with van der Waals surface area (Å²) in [4.78, 5) is 34.6. The minimum atomic E-state index is -2.30. The minimum Gasteiger partial charge on any atom is -0.275 e. The van der Waals surface area contributed by atoms with Crippen molar-refractivity contribution in [2.45, 2.75) is 33.0 Å². The van der Waals surface area contributed by atoms with Crippen LogP contribution in [0.4, 0.5) is 9.18 Å². The molecule has 1 saturated heterocycles. The zero-order valence-electron chi connectivity index (χ0n) is 11.2. The number of carbonyl (C=O) groups is 3. The number of alkyl halides is 1. The summed E-state index contributed by atoms with van der Waals surface area (Å²) in [7, 11) is 0. The lowest BCUT2D eigenvalue weighted by Crippen LogP contribution is -2.59. The topological polar surface area (TPSA) is 84.3 Å². The van der Waals surface area contributed by atoms with Crippen LogP contribution in [0.1, 0.15) is 17.8 Å². The molecule has 1 fully saturated rings. The molecule has 0 saturated carbocycles. The molecule has 108 valence electrons. The molecule has 1 N–H and O–H groups in total. The van der Waals surface area contributed by atoms with E-state index in [-0.39, 0.29) is 6.54 Å². The van der Waals surface area contributed by atoms with Gasteiger partial charge < -0.3 is 0 Å². The van der Waals surface area contributed by atoms with Gasteiger partial charge in [-0.15, -0.1) is 0 Å². The number of amides is 4. The molecule has 0 aromatic carbocycles. The number of halogens is 1. The molecule has 0 spiro atoms. The van der Waals surface area contributed by atoms with Crippen LogP contribution in [0.2, 0.25) is 0 Å². The monoisotopic (exact) mass is 282 g/mol. The van der Waals surface area contributed by atoms with Gasteiger partial charge >= 0.3 is 6.03 Å². The van der Waals surface area contributed by atoms with Crippen LogP contribution >= 0.6 is 0 Å². The van der Waals surface area contributed by atoms with Crippen LogP contribution in [0.25, 0.3) is 0 Å². The maximum atomic E-state index is 13.2. The molecule has 1 aromatic heterocycles. The summed E-state index contributed by atoms with van der Waals surface area (Å²) < 4.78 is 15.0. The highest BCUT2D eigenvalue weighted by Crippen LogP contribution is 2.09. The molecule has 20 heavy (non-hydrogen) atoms. The predicted octanol–water partition coefficient (Wildman–Crippen LogP) is 0.307. The van der Waals surface area contributed by atoms with Crippen molar-refractivity contribution in [2.24, 2.45) is 0 Å². The molecule has 1 aliphatic heterocycles. The van der Waals surface area contributed by atoms with Gasteiger partial charge in [0.25, 0.3) is 18.0 Å². The number of aromatic nitrogens is 2. The van der Waals surface area contributed by atoms with Crippen molar-refractivity contribution in [3.05, 3.63) is 17.5 Å². The first-order valence-corrected chi connectivity index (χ1v) is 6.21. The quantitative estimate of drug-likeness (QED) is 0.805. The van der Waals surface area contributed by atoms with E-state index in [0.29, 0.717) is 13.0 Å². The Hall–Kier alpha value is -2.25. The zero-order chi connectivity index (χ0) is 14.9. The summed E-state index contributed by atoms with van der Waals surface area (Å²) in [6, 6.07) is 1.04. The summed E-state index contributed by atoms with van der Waals surface area (Å²) in [5.41, 5.74) is 1.85. The average Bonchev–Trinajstić information content (AvgIpc) is 2.69. The van der Waals surface area contributed by atoms with Gasteiger partial charge in [0.05, 0.1) is 5.69 Å². The fourth-order valence-electron chi connectivity index (χ4n) is 2.08. The van der Waals surface area contributed by atoms with Gasteiger partial charge in [0.1, 0.15) is 0 Å². The van der Waals surface area contributed by atoms with Crippen molar-refractivity contribution in [3.8, 4) is 0 Å². The lowest BCUT2D eigenvalue weighted by molar-refractivity contribution is -0.143. The minimum absolute atomic E-state index is 0.0384. The first-order valence-electron chi connectivity index (χ1n) is 6.21. The summed E-state index contributed by atoms with van der Waals surface area (Å²) in [6.07, 6.45) is -1.87. The Morgan fingerprint density at radius 3 is 2.60 bits per heavy atom. The normalized spacial score (nSPS) is 19.4. The van der Waals surface area contributed by atoms with Crippen LogP contribution in [0.3, 0.4) is 0 Å². The highest BCUT2D eigenvalue weighted by molar-refractivity contribution is 6.17. The van der Waals surface area contributed by atoms with Gasteiger partial charge in [-0.2, -0.15) is 5.10 Å². The molecule has 8 heteroatoms. The number of rotatable bonds is 4. The third-order valence-electron chi connectivity index (χ3n) is 3.04. The Morgan fingerprint density at radius 2 is 2.00 bits per heavy atom. The molecule has 1 atom stereocenters. The fraction of sp³-hybridized carbons (Fsp3) is 0.500. The summed E-state index contributed by atoms with van der Waals surface area (Å²) in [5.74, 6) is -2.30. The molecule has 2 heterocycles. The van der Waals surface area contributed by atoms with Crippen molar-refractivity contribution >= 4 is 17.8 Å². The van der Waals surface area contributed by atoms with E-state index in [1.165, 1.54) is 0 Å². The average molecular weight is 282 g/mol. The maximum absolute atomic E-state index is 13.2. The first-order chi connectivity index (χ1) is 9.40. The number of hydrogen-bond donors (Lipinski definition) is 1. The molecule has 1 aromatic rings. The Morgan fingerprint density at radius 1 is 1.30 bits per heavy atom. The summed E-state index contributed by atoms with van der Waals surface area (Å²) >= 11 is 0. The van der Waals surface area contributed by atoms with E-state index in [1.807, 2.05) is 19.9 Å². The molecule has 1 aliphatic rings. The van der Waals surface area contributed by atoms with E-state index in [4.69, 9.17) is 0 Å². The molecule has 1 unspecified atom stereocenters. The molecule has 7 nitrogen and oxygen atoms in total. The second kappa shape index (κ2) is 5.40. The van der Waals surface area contributed by atoms with E-state index in [9.17, 15) is 18.8 Å². The number of carbonyl (C=O) groups excluding carboxylic acids is 3. The Labute approximate surface area is 114 Å². The van der Waals surface area contributed by atoms with E-state index < -0.39 is 24.0 Å². The fourth-order valence-corrected chi connectivity index (χ4v) is 2.08. The van der Waals surface area contributed by atoms with Gasteiger partial charge in [-0.25, -0.2) is 9.18 Å². The molecular weight excluding hydrogens is 267 g/mol. The van der Waals surface area contributed by atoms with E-state index >= 15 is 0 Å². The third-order valence-corrected chi connectivity index (χ3v) is 3.04. The molecular formula is C12H15FN4O3. The lowest BCUT2D eigenvalue weighted by Gasteiger charge is -2.26. The molecule has 4 amide bonds. The van der Waals surface area contributed by atoms with Crippen LogP contribution in [0, 0.1) is 13.8 Å². The number of aryl methyl sites for hydroxylation is 3. The van der Waals surface area contributed by atoms with Crippen molar-refractivity contribution in [1.29, 1.82) is 0 Å². The van der Waals surface area contributed by atoms with Gasteiger partial charge in [0.2, 0.25) is 0 Å². The predicted molar refractivity (Wildman–Crippen MR) is 66.5 cm³/mol. The third kappa shape index (κ3) is 2.68. The van der Waals surface area contributed by atoms with Crippen molar-refractivity contribution in [2.75, 3.05) is 6.54 Å². The van der Waals surface area contributed by atoms with Crippen molar-refractivity contribution in [1.82, 2.24) is 20.0 Å². The smallest absolute Gasteiger partial charge is 0.275 e. The summed E-state index contributed by atoms with van der Waals surface area (Å²) in [5, 5.41) is 6.05. The van der Waals surface area contributed by atoms with Gasteiger partial charge in [0.15, 0.2) is 0 Å². The number of barbiturate groups is 1. The van der Waals surface area contributed by atoms with Crippen LogP contribution in [-0.4, -0.2) is 45.2 Å². The number of imide groups is 2. The maximum Gasteiger partial charge on any atom is 0.330 e. The van der Waals surface area contributed by atoms with Crippen LogP contribution in [-0.2, 0) is 16.1 Å². The highest BCUT2D eigenvalue weighted by atomic mass is 19.1. The zero-order valence-corrected chi connectivity index (χ0v) is 11.2. The SMILES string of the molecule is Cc1cc(C)n(CCCN2C(=O)NC(=O)C(F)C2=O)n1. The molecule has 0 aliphatic carbocycles. The van der Waals surface area contributed by atoms with Crippen molar-refractivity contribution in [3.63, 3.8) is 0 Å². The molecule has 0 bridgehead atoms. The Kier molecular flexibility index (Phi) is 3.82. The van der Waals surface area contributed by atoms with Crippen LogP contribution in [0.15, 0.2) is 6.07 Å². The lowest BCUT2D eigenvalue weighted by atomic mass is 10.2. The molecule has 0 radical (unpaired) electrons. The largest absolute Gasteiger partial charge is 0.330 e. The second-order valence-electron chi connectivity index (χ2n) is 4.65. The van der Waals surface area contributed by atoms with E-state index in [1.54, 1.807) is 10.00 Å². The van der Waals surface area contributed by atoms with Crippen LogP contribution in [0.5, 0.6) is 0 Å².